The van der Waals surface area contributed by atoms with Gasteiger partial charge in [-0.3, -0.25) is 0 Å². The summed E-state index contributed by atoms with van der Waals surface area (Å²) < 4.78 is 15.7. The van der Waals surface area contributed by atoms with Gasteiger partial charge >= 0.3 is 13.3 Å². The predicted molar refractivity (Wildman–Crippen MR) is 61.2 cm³/mol. The lowest BCUT2D eigenvalue weighted by atomic mass is 9.77. The van der Waals surface area contributed by atoms with Gasteiger partial charge in [-0.25, -0.2) is 4.79 Å². The molecule has 5 nitrogen and oxygen atoms in total. The highest BCUT2D eigenvalue weighted by Crippen LogP contribution is 2.18. The molecule has 1 heterocycles. The van der Waals surface area contributed by atoms with Gasteiger partial charge < -0.3 is 19.2 Å². The van der Waals surface area contributed by atoms with Gasteiger partial charge in [0.25, 0.3) is 0 Å². The number of benzene rings is 1. The van der Waals surface area contributed by atoms with Crippen molar-refractivity contribution >= 4 is 18.7 Å². The zero-order valence-corrected chi connectivity index (χ0v) is 9.46. The summed E-state index contributed by atoms with van der Waals surface area (Å²) in [7, 11) is -0.457. The number of carboxylic acid groups (broad SMARTS) is 1. The molecule has 0 saturated carbocycles. The Bertz CT molecular complexity index is 386. The molecule has 6 heteroatoms. The quantitative estimate of drug-likeness (QED) is 0.609. The molecular weight excluding hydrogens is 223 g/mol. The first-order valence-corrected chi connectivity index (χ1v) is 5.29. The Labute approximate surface area is 99.4 Å². The lowest BCUT2D eigenvalue weighted by Crippen LogP contribution is -2.53. The van der Waals surface area contributed by atoms with Crippen molar-refractivity contribution in [2.45, 2.75) is 12.5 Å². The van der Waals surface area contributed by atoms with E-state index < -0.39 is 18.9 Å². The molecule has 90 valence electrons. The molecule has 0 amide bonds. The van der Waals surface area contributed by atoms with Gasteiger partial charge in [-0.05, 0) is 12.4 Å². The van der Waals surface area contributed by atoms with Gasteiger partial charge in [0.15, 0.2) is 5.60 Å². The Morgan fingerprint density at radius 3 is 2.47 bits per heavy atom. The van der Waals surface area contributed by atoms with Crippen LogP contribution in [0.5, 0.6) is 0 Å². The molecule has 0 spiro atoms. The van der Waals surface area contributed by atoms with Crippen molar-refractivity contribution in [3.8, 4) is 0 Å². The van der Waals surface area contributed by atoms with E-state index in [0.717, 1.165) is 5.46 Å². The molecule has 0 bridgehead atoms. The first-order chi connectivity index (χ1) is 8.09. The lowest BCUT2D eigenvalue weighted by molar-refractivity contribution is -0.0880. The van der Waals surface area contributed by atoms with Crippen molar-refractivity contribution in [3.63, 3.8) is 0 Å². The molecule has 0 unspecified atom stereocenters. The molecule has 0 radical (unpaired) electrons. The van der Waals surface area contributed by atoms with Crippen LogP contribution in [-0.4, -0.2) is 37.2 Å². The van der Waals surface area contributed by atoms with E-state index in [-0.39, 0.29) is 13.2 Å². The number of ether oxygens (including phenoxy) is 1. The van der Waals surface area contributed by atoms with E-state index in [1.807, 2.05) is 30.3 Å². The minimum atomic E-state index is -1.32. The highest BCUT2D eigenvalue weighted by atomic mass is 16.7. The molecular formula is C11H13BO5. The largest absolute Gasteiger partial charge is 0.506 e. The summed E-state index contributed by atoms with van der Waals surface area (Å²) in [6.45, 7) is 2.00. The monoisotopic (exact) mass is 236 g/mol. The maximum Gasteiger partial charge on any atom is 0.506 e. The van der Waals surface area contributed by atoms with Crippen LogP contribution in [-0.2, 0) is 14.0 Å². The van der Waals surface area contributed by atoms with Crippen molar-refractivity contribution in [2.24, 2.45) is 0 Å². The first-order valence-electron chi connectivity index (χ1n) is 5.29. The zero-order valence-electron chi connectivity index (χ0n) is 9.46. The van der Waals surface area contributed by atoms with Gasteiger partial charge in [0.2, 0.25) is 0 Å². The summed E-state index contributed by atoms with van der Waals surface area (Å²) in [4.78, 5) is 10.5. The van der Waals surface area contributed by atoms with E-state index >= 15 is 0 Å². The fourth-order valence-electron chi connectivity index (χ4n) is 1.67. The number of rotatable bonds is 2. The summed E-state index contributed by atoms with van der Waals surface area (Å²) in [6, 6.07) is 9.48. The molecule has 1 aliphatic rings. The van der Waals surface area contributed by atoms with Crippen LogP contribution in [0, 0.1) is 0 Å². The molecule has 1 aromatic rings. The maximum atomic E-state index is 10.5. The van der Waals surface area contributed by atoms with E-state index in [9.17, 15) is 4.79 Å². The topological polar surface area (TPSA) is 65.0 Å². The number of hydrogen-bond acceptors (Lipinski definition) is 4. The van der Waals surface area contributed by atoms with Crippen LogP contribution < -0.4 is 5.46 Å². The number of hydrogen-bond donors (Lipinski definition) is 1. The third-order valence-electron chi connectivity index (χ3n) is 2.49. The Balaban J connectivity index is 1.96. The Kier molecular flexibility index (Phi) is 3.35. The smallest absolute Gasteiger partial charge is 0.450 e. The molecule has 17 heavy (non-hydrogen) atoms. The maximum absolute atomic E-state index is 10.5. The zero-order chi connectivity index (χ0) is 12.3. The Morgan fingerprint density at radius 1 is 1.35 bits per heavy atom. The average Bonchev–Trinajstić information content (AvgIpc) is 2.29. The Hall–Kier alpha value is -1.53. The van der Waals surface area contributed by atoms with Crippen LogP contribution in [0.3, 0.4) is 0 Å². The third kappa shape index (κ3) is 2.98. The van der Waals surface area contributed by atoms with Crippen LogP contribution in [0.1, 0.15) is 6.92 Å². The van der Waals surface area contributed by atoms with Crippen LogP contribution in [0.15, 0.2) is 30.3 Å². The highest BCUT2D eigenvalue weighted by molar-refractivity contribution is 6.61. The molecule has 0 aliphatic carbocycles. The second-order valence-corrected chi connectivity index (χ2v) is 4.18. The predicted octanol–water partition coefficient (Wildman–Crippen LogP) is 0.882. The lowest BCUT2D eigenvalue weighted by Gasteiger charge is -2.34. The standard InChI is InChI=1S/C11H13BO5/c1-11(17-10(13)14)7-15-12(16-8-11)9-5-3-2-4-6-9/h2-6H,7-8H2,1H3,(H,13,14). The van der Waals surface area contributed by atoms with Crippen molar-refractivity contribution in [1.82, 2.24) is 0 Å². The molecule has 1 fully saturated rings. The van der Waals surface area contributed by atoms with E-state index in [2.05, 4.69) is 0 Å². The van der Waals surface area contributed by atoms with Gasteiger partial charge in [0.1, 0.15) is 0 Å². The fourth-order valence-corrected chi connectivity index (χ4v) is 1.67. The van der Waals surface area contributed by atoms with Gasteiger partial charge in [-0.1, -0.05) is 30.3 Å². The summed E-state index contributed by atoms with van der Waals surface area (Å²) in [5.74, 6) is 0. The fraction of sp³-hybridized carbons (Fsp3) is 0.364. The normalized spacial score (nSPS) is 18.8. The summed E-state index contributed by atoms with van der Waals surface area (Å²) in [5, 5.41) is 8.58. The van der Waals surface area contributed by atoms with E-state index in [1.54, 1.807) is 6.92 Å². The van der Waals surface area contributed by atoms with E-state index in [0.29, 0.717) is 0 Å². The average molecular weight is 236 g/mol. The van der Waals surface area contributed by atoms with Gasteiger partial charge in [-0.15, -0.1) is 0 Å². The molecule has 1 aromatic carbocycles. The van der Waals surface area contributed by atoms with Crippen LogP contribution in [0.2, 0.25) is 0 Å². The van der Waals surface area contributed by atoms with Gasteiger partial charge in [0.05, 0.1) is 13.2 Å². The summed E-state index contributed by atoms with van der Waals surface area (Å²) in [6.07, 6.45) is -1.32. The highest BCUT2D eigenvalue weighted by Gasteiger charge is 2.39. The molecule has 2 rings (SSSR count). The second kappa shape index (κ2) is 4.77. The summed E-state index contributed by atoms with van der Waals surface area (Å²) >= 11 is 0. The van der Waals surface area contributed by atoms with Crippen molar-refractivity contribution in [1.29, 1.82) is 0 Å². The van der Waals surface area contributed by atoms with Crippen molar-refractivity contribution in [2.75, 3.05) is 13.2 Å². The van der Waals surface area contributed by atoms with Crippen molar-refractivity contribution in [3.05, 3.63) is 30.3 Å². The third-order valence-corrected chi connectivity index (χ3v) is 2.49. The Morgan fingerprint density at radius 2 is 1.94 bits per heavy atom. The van der Waals surface area contributed by atoms with Crippen molar-refractivity contribution < 1.29 is 23.9 Å². The minimum absolute atomic E-state index is 0.179. The second-order valence-electron chi connectivity index (χ2n) is 4.18. The number of carbonyl (C=O) groups is 1. The summed E-state index contributed by atoms with van der Waals surface area (Å²) in [5.41, 5.74) is -0.0261. The van der Waals surface area contributed by atoms with Gasteiger partial charge in [-0.2, -0.15) is 0 Å². The first kappa shape index (κ1) is 11.9. The van der Waals surface area contributed by atoms with Crippen LogP contribution in [0.25, 0.3) is 0 Å². The molecule has 1 aliphatic heterocycles. The van der Waals surface area contributed by atoms with Crippen LogP contribution >= 0.6 is 0 Å². The SMILES string of the molecule is CC1(OC(=O)O)COB(c2ccccc2)OC1. The minimum Gasteiger partial charge on any atom is -0.450 e. The molecule has 1 N–H and O–H groups in total. The van der Waals surface area contributed by atoms with E-state index in [4.69, 9.17) is 19.2 Å². The molecule has 0 aromatic heterocycles. The van der Waals surface area contributed by atoms with Gasteiger partial charge in [0, 0.05) is 0 Å². The van der Waals surface area contributed by atoms with Crippen LogP contribution in [0.4, 0.5) is 4.79 Å². The molecule has 1 saturated heterocycles. The molecule has 0 atom stereocenters. The van der Waals surface area contributed by atoms with E-state index in [1.165, 1.54) is 0 Å².